The summed E-state index contributed by atoms with van der Waals surface area (Å²) < 4.78 is 0. The second kappa shape index (κ2) is 4.97. The molecular weight excluding hydrogens is 198 g/mol. The lowest BCUT2D eigenvalue weighted by Crippen LogP contribution is -2.17. The lowest BCUT2D eigenvalue weighted by atomic mass is 10.1. The minimum Gasteiger partial charge on any atom is -0.372 e. The van der Waals surface area contributed by atoms with Crippen LogP contribution in [0.5, 0.6) is 0 Å². The number of ketones is 1. The maximum atomic E-state index is 10.8. The van der Waals surface area contributed by atoms with Crippen molar-refractivity contribution in [3.8, 4) is 0 Å². The molecule has 0 aromatic heterocycles. The molecule has 0 radical (unpaired) electrons. The highest BCUT2D eigenvalue weighted by Gasteiger charge is 2.11. The molecule has 0 saturated carbocycles. The van der Waals surface area contributed by atoms with Gasteiger partial charge in [0.1, 0.15) is 0 Å². The first-order valence-electron chi connectivity index (χ1n) is 5.79. The summed E-state index contributed by atoms with van der Waals surface area (Å²) in [6.45, 7) is 3.90. The number of hydrogen-bond donors (Lipinski definition) is 0. The van der Waals surface area contributed by atoms with Gasteiger partial charge in [-0.25, -0.2) is 0 Å². The lowest BCUT2D eigenvalue weighted by Gasteiger charge is -2.17. The van der Waals surface area contributed by atoms with Crippen molar-refractivity contribution in [3.63, 3.8) is 0 Å². The summed E-state index contributed by atoms with van der Waals surface area (Å²) in [5.41, 5.74) is 2.37. The highest BCUT2D eigenvalue weighted by atomic mass is 16.1. The van der Waals surface area contributed by atoms with Gasteiger partial charge < -0.3 is 4.90 Å². The zero-order chi connectivity index (χ0) is 11.4. The molecule has 16 heavy (non-hydrogen) atoms. The van der Waals surface area contributed by atoms with Crippen LogP contribution in [0.1, 0.15) is 25.3 Å². The molecular formula is C14H17NO. The van der Waals surface area contributed by atoms with Crippen LogP contribution in [0.25, 0.3) is 6.08 Å². The predicted octanol–water partition coefficient (Wildman–Crippen LogP) is 2.89. The van der Waals surface area contributed by atoms with E-state index in [1.165, 1.54) is 31.6 Å². The van der Waals surface area contributed by atoms with Gasteiger partial charge >= 0.3 is 0 Å². The molecule has 0 amide bonds. The highest BCUT2D eigenvalue weighted by molar-refractivity contribution is 5.91. The Hall–Kier alpha value is -1.57. The van der Waals surface area contributed by atoms with E-state index < -0.39 is 0 Å². The minimum absolute atomic E-state index is 0.0867. The summed E-state index contributed by atoms with van der Waals surface area (Å²) in [6, 6.07) is 8.39. The third-order valence-electron chi connectivity index (χ3n) is 2.87. The highest BCUT2D eigenvalue weighted by Crippen LogP contribution is 2.20. The van der Waals surface area contributed by atoms with Gasteiger partial charge in [-0.1, -0.05) is 18.2 Å². The largest absolute Gasteiger partial charge is 0.372 e. The molecule has 0 bridgehead atoms. The molecule has 2 nitrogen and oxygen atoms in total. The van der Waals surface area contributed by atoms with E-state index in [9.17, 15) is 4.79 Å². The molecule has 1 aliphatic rings. The molecule has 0 N–H and O–H groups in total. The first-order chi connectivity index (χ1) is 7.75. The van der Waals surface area contributed by atoms with Gasteiger partial charge in [-0.15, -0.1) is 0 Å². The van der Waals surface area contributed by atoms with Crippen LogP contribution < -0.4 is 4.90 Å². The molecule has 0 spiro atoms. The molecule has 1 heterocycles. The fraction of sp³-hybridized carbons (Fsp3) is 0.357. The van der Waals surface area contributed by atoms with Crippen LogP contribution in [0.15, 0.2) is 30.3 Å². The van der Waals surface area contributed by atoms with Crippen molar-refractivity contribution in [2.24, 2.45) is 0 Å². The van der Waals surface area contributed by atoms with E-state index in [2.05, 4.69) is 29.2 Å². The molecule has 1 saturated heterocycles. The summed E-state index contributed by atoms with van der Waals surface area (Å²) in [6.07, 6.45) is 6.05. The van der Waals surface area contributed by atoms with Crippen molar-refractivity contribution in [2.75, 3.05) is 18.0 Å². The molecule has 0 atom stereocenters. The molecule has 1 aromatic carbocycles. The monoisotopic (exact) mass is 215 g/mol. The average Bonchev–Trinajstić information content (AvgIpc) is 2.80. The number of nitrogens with zero attached hydrogens (tertiary/aromatic N) is 1. The van der Waals surface area contributed by atoms with E-state index >= 15 is 0 Å². The number of allylic oxidation sites excluding steroid dienone is 1. The van der Waals surface area contributed by atoms with E-state index in [4.69, 9.17) is 0 Å². The van der Waals surface area contributed by atoms with Gasteiger partial charge in [-0.3, -0.25) is 4.79 Å². The molecule has 1 fully saturated rings. The van der Waals surface area contributed by atoms with Crippen LogP contribution in [0.3, 0.4) is 0 Å². The van der Waals surface area contributed by atoms with E-state index in [1.807, 2.05) is 6.08 Å². The van der Waals surface area contributed by atoms with Crippen molar-refractivity contribution in [1.82, 2.24) is 0 Å². The topological polar surface area (TPSA) is 20.3 Å². The molecule has 2 rings (SSSR count). The van der Waals surface area contributed by atoms with E-state index in [0.29, 0.717) is 0 Å². The minimum atomic E-state index is 0.0867. The summed E-state index contributed by atoms with van der Waals surface area (Å²) in [5.74, 6) is 0.0867. The lowest BCUT2D eigenvalue weighted by molar-refractivity contribution is -0.112. The van der Waals surface area contributed by atoms with Crippen molar-refractivity contribution in [3.05, 3.63) is 35.9 Å². The fourth-order valence-electron chi connectivity index (χ4n) is 1.99. The molecule has 1 aliphatic heterocycles. The molecule has 0 unspecified atom stereocenters. The van der Waals surface area contributed by atoms with Gasteiger partial charge in [-0.2, -0.15) is 0 Å². The van der Waals surface area contributed by atoms with Gasteiger partial charge in [0, 0.05) is 18.8 Å². The average molecular weight is 215 g/mol. The van der Waals surface area contributed by atoms with Crippen LogP contribution in [-0.2, 0) is 4.79 Å². The van der Waals surface area contributed by atoms with Gasteiger partial charge in [0.2, 0.25) is 0 Å². The SMILES string of the molecule is CC(=O)/C=C/c1ccc(N2CCCC2)cc1. The number of anilines is 1. The van der Waals surface area contributed by atoms with Crippen molar-refractivity contribution >= 4 is 17.5 Å². The first-order valence-corrected chi connectivity index (χ1v) is 5.79. The zero-order valence-electron chi connectivity index (χ0n) is 9.65. The van der Waals surface area contributed by atoms with Gasteiger partial charge in [0.25, 0.3) is 0 Å². The predicted molar refractivity (Wildman–Crippen MR) is 67.6 cm³/mol. The van der Waals surface area contributed by atoms with Crippen LogP contribution in [-0.4, -0.2) is 18.9 Å². The molecule has 2 heteroatoms. The van der Waals surface area contributed by atoms with Crippen molar-refractivity contribution in [2.45, 2.75) is 19.8 Å². The number of carbonyl (C=O) groups is 1. The number of hydrogen-bond acceptors (Lipinski definition) is 2. The Morgan fingerprint density at radius 2 is 1.81 bits per heavy atom. The second-order valence-corrected chi connectivity index (χ2v) is 4.23. The first kappa shape index (κ1) is 10.9. The smallest absolute Gasteiger partial charge is 0.152 e. The Kier molecular flexibility index (Phi) is 3.40. The van der Waals surface area contributed by atoms with Crippen molar-refractivity contribution in [1.29, 1.82) is 0 Å². The van der Waals surface area contributed by atoms with Gasteiger partial charge in [-0.05, 0) is 43.5 Å². The van der Waals surface area contributed by atoms with Crippen LogP contribution in [0, 0.1) is 0 Å². The number of carbonyl (C=O) groups excluding carboxylic acids is 1. The maximum Gasteiger partial charge on any atom is 0.152 e. The number of rotatable bonds is 3. The normalized spacial score (nSPS) is 15.9. The summed E-state index contributed by atoms with van der Waals surface area (Å²) in [4.78, 5) is 13.2. The fourth-order valence-corrected chi connectivity index (χ4v) is 1.99. The third kappa shape index (κ3) is 2.72. The maximum absolute atomic E-state index is 10.8. The van der Waals surface area contributed by atoms with Gasteiger partial charge in [0.05, 0.1) is 0 Å². The Balaban J connectivity index is 2.06. The Morgan fingerprint density at radius 1 is 1.19 bits per heavy atom. The van der Waals surface area contributed by atoms with Gasteiger partial charge in [0.15, 0.2) is 5.78 Å². The standard InChI is InChI=1S/C14H17NO/c1-12(16)4-5-13-6-8-14(9-7-13)15-10-2-3-11-15/h4-9H,2-3,10-11H2,1H3/b5-4+. The Labute approximate surface area is 96.6 Å². The van der Waals surface area contributed by atoms with Crippen LogP contribution in [0.4, 0.5) is 5.69 Å². The van der Waals surface area contributed by atoms with E-state index in [1.54, 1.807) is 13.0 Å². The Bertz CT molecular complexity index is 386. The van der Waals surface area contributed by atoms with Crippen LogP contribution in [0.2, 0.25) is 0 Å². The number of benzene rings is 1. The summed E-state index contributed by atoms with van der Waals surface area (Å²) in [7, 11) is 0. The van der Waals surface area contributed by atoms with E-state index in [-0.39, 0.29) is 5.78 Å². The summed E-state index contributed by atoms with van der Waals surface area (Å²) >= 11 is 0. The molecule has 0 aliphatic carbocycles. The van der Waals surface area contributed by atoms with E-state index in [0.717, 1.165) is 5.56 Å². The van der Waals surface area contributed by atoms with Crippen LogP contribution >= 0.6 is 0 Å². The zero-order valence-corrected chi connectivity index (χ0v) is 9.65. The van der Waals surface area contributed by atoms with Crippen molar-refractivity contribution < 1.29 is 4.79 Å². The Morgan fingerprint density at radius 3 is 2.38 bits per heavy atom. The quantitative estimate of drug-likeness (QED) is 0.723. The second-order valence-electron chi connectivity index (χ2n) is 4.23. The third-order valence-corrected chi connectivity index (χ3v) is 2.87. The molecule has 84 valence electrons. The summed E-state index contributed by atoms with van der Waals surface area (Å²) in [5, 5.41) is 0. The molecule has 1 aromatic rings.